The Kier molecular flexibility index (Phi) is 10.4. The van der Waals surface area contributed by atoms with Gasteiger partial charge >= 0.3 is 35.0 Å². The first-order valence-corrected chi connectivity index (χ1v) is 21.0. The molecule has 1 heterocycles. The van der Waals surface area contributed by atoms with Crippen molar-refractivity contribution in [3.8, 4) is 11.5 Å². The molecule has 0 radical (unpaired) electrons. The van der Waals surface area contributed by atoms with Crippen LogP contribution in [0.3, 0.4) is 0 Å². The molecule has 216 valence electrons. The number of ether oxygens (including phenoxy) is 1. The number of benzene rings is 6. The van der Waals surface area contributed by atoms with Crippen molar-refractivity contribution in [2.75, 3.05) is 0 Å². The average Bonchev–Trinajstić information content (AvgIpc) is 3.07. The first-order chi connectivity index (χ1) is 21.3. The van der Waals surface area contributed by atoms with Crippen LogP contribution in [0.15, 0.2) is 158 Å². The summed E-state index contributed by atoms with van der Waals surface area (Å²) in [5.74, 6) is 2.10. The fraction of sp³-hybridized carbons (Fsp3) is 0.0270. The third kappa shape index (κ3) is 6.83. The van der Waals surface area contributed by atoms with E-state index in [2.05, 4.69) is 158 Å². The van der Waals surface area contributed by atoms with Crippen molar-refractivity contribution in [1.82, 2.24) is 0 Å². The van der Waals surface area contributed by atoms with Gasteiger partial charge in [-0.05, 0) is 60.7 Å². The zero-order chi connectivity index (χ0) is 29.4. The monoisotopic (exact) mass is 728 g/mol. The Balaban J connectivity index is 0.00000105. The van der Waals surface area contributed by atoms with Crippen LogP contribution in [0.2, 0.25) is 0 Å². The molecule has 0 atom stereocenters. The molecule has 6 aromatic carbocycles. The largest absolute Gasteiger partial charge is 0.448 e. The zero-order valence-electron chi connectivity index (χ0n) is 23.2. The summed E-state index contributed by atoms with van der Waals surface area (Å²) in [6, 6.07) is 57.3. The summed E-state index contributed by atoms with van der Waals surface area (Å²) in [6.45, 7) is 0. The van der Waals surface area contributed by atoms with Crippen LogP contribution in [-0.4, -0.2) is 0 Å². The van der Waals surface area contributed by atoms with Gasteiger partial charge in [-0.3, -0.25) is 0 Å². The summed E-state index contributed by atoms with van der Waals surface area (Å²) in [7, 11) is 7.08. The smallest absolute Gasteiger partial charge is 0.173 e. The van der Waals surface area contributed by atoms with Gasteiger partial charge < -0.3 is 4.74 Å². The third-order valence-corrected chi connectivity index (χ3v) is 13.1. The van der Waals surface area contributed by atoms with E-state index in [0.717, 1.165) is 17.9 Å². The van der Waals surface area contributed by atoms with E-state index >= 15 is 0 Å². The summed E-state index contributed by atoms with van der Waals surface area (Å²) in [4.78, 5) is 0. The van der Waals surface area contributed by atoms with E-state index in [-0.39, 0.29) is 15.9 Å². The summed E-state index contributed by atoms with van der Waals surface area (Å²) in [6.07, 6.45) is 0.879. The van der Waals surface area contributed by atoms with Gasteiger partial charge in [-0.15, -0.1) is 0 Å². The second-order valence-corrected chi connectivity index (χ2v) is 17.4. The second kappa shape index (κ2) is 14.8. The Morgan fingerprint density at radius 3 is 1.02 bits per heavy atom. The van der Waals surface area contributed by atoms with Crippen LogP contribution in [0.4, 0.5) is 0 Å². The molecule has 0 spiro atoms. The molecule has 0 bridgehead atoms. The first-order valence-electron chi connectivity index (χ1n) is 14.0. The second-order valence-electron chi connectivity index (χ2n) is 10.1. The molecule has 0 amide bonds. The van der Waals surface area contributed by atoms with Crippen molar-refractivity contribution in [2.45, 2.75) is 6.42 Å². The quantitative estimate of drug-likeness (QED) is 0.126. The number of fused-ring (bicyclic) bond motifs is 2. The molecule has 6 heteroatoms. The molecule has 1 nitrogen and oxygen atoms in total. The van der Waals surface area contributed by atoms with Gasteiger partial charge in [-0.25, -0.2) is 0 Å². The van der Waals surface area contributed by atoms with E-state index in [1.807, 2.05) is 0 Å². The average molecular weight is 730 g/mol. The van der Waals surface area contributed by atoms with Crippen molar-refractivity contribution in [2.24, 2.45) is 0 Å². The molecule has 0 unspecified atom stereocenters. The van der Waals surface area contributed by atoms with Gasteiger partial charge in [0.15, 0.2) is 11.5 Å². The first kappa shape index (κ1) is 30.3. The van der Waals surface area contributed by atoms with Crippen molar-refractivity contribution < 1.29 is 20.7 Å². The molecule has 0 aromatic heterocycles. The summed E-state index contributed by atoms with van der Waals surface area (Å²) in [5.41, 5.74) is 2.54. The maximum absolute atomic E-state index is 7.14. The van der Waals surface area contributed by atoms with E-state index in [1.54, 1.807) is 0 Å². The molecule has 0 aliphatic carbocycles. The number of rotatable bonds is 6. The minimum Gasteiger partial charge on any atom is -0.448 e. The van der Waals surface area contributed by atoms with Crippen molar-refractivity contribution in [3.63, 3.8) is 0 Å². The molecule has 7 rings (SSSR count). The standard InChI is InChI=1S/C37H28OP2.2ClH.Pd/c1-5-17-30(18-6-1)39(31-19-7-2-8-20-31)34-25-13-15-28-27-29-16-14-26-35(37(29)38-36(28)34)40(32-21-9-3-10-22-32)33-23-11-4-12-24-33;;;/h1-26H,27H2;2*1H;/q;;;+2. The Labute approximate surface area is 272 Å². The van der Waals surface area contributed by atoms with E-state index < -0.39 is 15.8 Å². The van der Waals surface area contributed by atoms with Gasteiger partial charge in [0.2, 0.25) is 0 Å². The van der Waals surface area contributed by atoms with Crippen LogP contribution in [0.1, 0.15) is 11.1 Å². The fourth-order valence-electron chi connectivity index (χ4n) is 5.76. The van der Waals surface area contributed by atoms with Crippen LogP contribution in [0.25, 0.3) is 0 Å². The van der Waals surface area contributed by atoms with Crippen LogP contribution < -0.4 is 36.6 Å². The molecular formula is C37H30Cl2OP2Pd+2. The van der Waals surface area contributed by atoms with Gasteiger partial charge in [0.1, 0.15) is 47.7 Å². The molecule has 1 aliphatic rings. The Bertz CT molecular complexity index is 1560. The van der Waals surface area contributed by atoms with Crippen molar-refractivity contribution in [1.29, 1.82) is 0 Å². The molecule has 6 aromatic rings. The molecule has 0 fully saturated rings. The number of halogens is 2. The van der Waals surface area contributed by atoms with Crippen LogP contribution in [0, 0.1) is 0 Å². The molecular weight excluding hydrogens is 700 g/mol. The van der Waals surface area contributed by atoms with Crippen LogP contribution in [0.5, 0.6) is 11.5 Å². The van der Waals surface area contributed by atoms with E-state index in [9.17, 15) is 0 Å². The Hall–Kier alpha value is -2.78. The van der Waals surface area contributed by atoms with Crippen molar-refractivity contribution in [3.05, 3.63) is 169 Å². The maximum Gasteiger partial charge on any atom is 0.173 e. The van der Waals surface area contributed by atoms with E-state index in [1.165, 1.54) is 43.0 Å². The third-order valence-electron chi connectivity index (χ3n) is 7.57. The molecule has 0 saturated heterocycles. The maximum atomic E-state index is 7.14. The van der Waals surface area contributed by atoms with Gasteiger partial charge in [-0.2, -0.15) is 0 Å². The van der Waals surface area contributed by atoms with Gasteiger partial charge in [0.05, 0.1) is 0 Å². The molecule has 1 aliphatic heterocycles. The minimum atomic E-state index is -1.27. The fourth-order valence-corrected chi connectivity index (χ4v) is 11.2. The minimum absolute atomic E-state index is 0.106. The summed E-state index contributed by atoms with van der Waals surface area (Å²) < 4.78 is 7.14. The molecule has 43 heavy (non-hydrogen) atoms. The predicted molar refractivity (Wildman–Crippen MR) is 188 cm³/mol. The van der Waals surface area contributed by atoms with Crippen molar-refractivity contribution >= 4 is 66.7 Å². The Morgan fingerprint density at radius 2 is 0.721 bits per heavy atom. The number of para-hydroxylation sites is 2. The SMILES string of the molecule is [Cl][Pd][Cl].c1ccc([PH+](c2ccccc2)c2cccc3c2Oc2c(cccc2[PH+](c2ccccc2)c2ccccc2)C3)cc1. The van der Waals surface area contributed by atoms with E-state index in [0.29, 0.717) is 0 Å². The summed E-state index contributed by atoms with van der Waals surface area (Å²) >= 11 is -0.106. The molecule has 0 N–H and O–H groups in total. The summed E-state index contributed by atoms with van der Waals surface area (Å²) in [5, 5.41) is 8.10. The number of hydrogen-bond acceptors (Lipinski definition) is 1. The predicted octanol–water partition coefficient (Wildman–Crippen LogP) is 7.74. The normalized spacial score (nSPS) is 11.7. The zero-order valence-corrected chi connectivity index (χ0v) is 28.3. The van der Waals surface area contributed by atoms with Gasteiger partial charge in [0.25, 0.3) is 0 Å². The Morgan fingerprint density at radius 1 is 0.419 bits per heavy atom. The van der Waals surface area contributed by atoms with Crippen LogP contribution >= 0.6 is 34.9 Å². The number of hydrogen-bond donors (Lipinski definition) is 0. The van der Waals surface area contributed by atoms with Gasteiger partial charge in [-0.1, -0.05) is 97.1 Å². The topological polar surface area (TPSA) is 9.23 Å². The van der Waals surface area contributed by atoms with E-state index in [4.69, 9.17) is 23.8 Å². The molecule has 0 saturated carbocycles. The van der Waals surface area contributed by atoms with Gasteiger partial charge in [0, 0.05) is 17.5 Å². The van der Waals surface area contributed by atoms with Crippen LogP contribution in [-0.2, 0) is 22.4 Å².